The summed E-state index contributed by atoms with van der Waals surface area (Å²) in [5, 5.41) is 10.7. The van der Waals surface area contributed by atoms with Gasteiger partial charge in [-0.15, -0.1) is 0 Å². The summed E-state index contributed by atoms with van der Waals surface area (Å²) < 4.78 is 0. The standard InChI is InChI=1S/C20H19NO3/c1-15(14-16-8-4-2-5-9-16)18(22)20(24)12-13-21(19(20)23)17-10-6-3-7-11-17/h2-11,24H,1,12-14H2. The minimum atomic E-state index is -2.01. The number of ketones is 1. The van der Waals surface area contributed by atoms with Gasteiger partial charge in [-0.25, -0.2) is 0 Å². The smallest absolute Gasteiger partial charge is 0.267 e. The monoisotopic (exact) mass is 321 g/mol. The zero-order valence-electron chi connectivity index (χ0n) is 13.3. The molecule has 1 fully saturated rings. The van der Waals surface area contributed by atoms with Gasteiger partial charge in [0.2, 0.25) is 5.60 Å². The van der Waals surface area contributed by atoms with E-state index in [4.69, 9.17) is 0 Å². The summed E-state index contributed by atoms with van der Waals surface area (Å²) in [5.74, 6) is -1.16. The fraction of sp³-hybridized carbons (Fsp3) is 0.200. The van der Waals surface area contributed by atoms with E-state index < -0.39 is 17.3 Å². The number of para-hydroxylation sites is 1. The lowest BCUT2D eigenvalue weighted by molar-refractivity contribution is -0.145. The van der Waals surface area contributed by atoms with Crippen LogP contribution in [0.4, 0.5) is 5.69 Å². The number of hydrogen-bond acceptors (Lipinski definition) is 3. The number of amides is 1. The van der Waals surface area contributed by atoms with Crippen molar-refractivity contribution in [2.24, 2.45) is 0 Å². The molecule has 4 nitrogen and oxygen atoms in total. The molecule has 1 saturated heterocycles. The van der Waals surface area contributed by atoms with Crippen LogP contribution in [-0.4, -0.2) is 28.9 Å². The van der Waals surface area contributed by atoms with Crippen molar-refractivity contribution in [3.63, 3.8) is 0 Å². The topological polar surface area (TPSA) is 57.6 Å². The quantitative estimate of drug-likeness (QED) is 0.680. The van der Waals surface area contributed by atoms with Crippen LogP contribution in [0.15, 0.2) is 72.8 Å². The Labute approximate surface area is 141 Å². The molecule has 1 heterocycles. The Morgan fingerprint density at radius 3 is 2.29 bits per heavy atom. The molecule has 4 heteroatoms. The van der Waals surface area contributed by atoms with Crippen molar-refractivity contribution in [3.8, 4) is 0 Å². The van der Waals surface area contributed by atoms with Crippen molar-refractivity contribution in [1.82, 2.24) is 0 Å². The number of aliphatic hydroxyl groups is 1. The first-order chi connectivity index (χ1) is 11.5. The van der Waals surface area contributed by atoms with Crippen LogP contribution < -0.4 is 4.90 Å². The summed E-state index contributed by atoms with van der Waals surface area (Å²) in [7, 11) is 0. The highest BCUT2D eigenvalue weighted by Gasteiger charge is 2.51. The van der Waals surface area contributed by atoms with Gasteiger partial charge in [0.15, 0.2) is 5.78 Å². The summed E-state index contributed by atoms with van der Waals surface area (Å²) >= 11 is 0. The van der Waals surface area contributed by atoms with Crippen LogP contribution in [0.3, 0.4) is 0 Å². The van der Waals surface area contributed by atoms with Gasteiger partial charge in [0, 0.05) is 25.1 Å². The maximum Gasteiger partial charge on any atom is 0.267 e. The van der Waals surface area contributed by atoms with E-state index in [0.29, 0.717) is 18.7 Å². The zero-order chi connectivity index (χ0) is 17.2. The Morgan fingerprint density at radius 2 is 1.67 bits per heavy atom. The predicted molar refractivity (Wildman–Crippen MR) is 92.7 cm³/mol. The molecule has 1 aliphatic rings. The van der Waals surface area contributed by atoms with E-state index in [-0.39, 0.29) is 12.0 Å². The first-order valence-electron chi connectivity index (χ1n) is 7.88. The van der Waals surface area contributed by atoms with Gasteiger partial charge in [0.25, 0.3) is 5.91 Å². The molecule has 122 valence electrons. The summed E-state index contributed by atoms with van der Waals surface area (Å²) in [5.41, 5.74) is -0.168. The highest BCUT2D eigenvalue weighted by molar-refractivity contribution is 6.21. The highest BCUT2D eigenvalue weighted by Crippen LogP contribution is 2.31. The first-order valence-corrected chi connectivity index (χ1v) is 7.88. The molecule has 3 rings (SSSR count). The fourth-order valence-electron chi connectivity index (χ4n) is 2.99. The average Bonchev–Trinajstić information content (AvgIpc) is 2.92. The van der Waals surface area contributed by atoms with Crippen molar-refractivity contribution in [2.75, 3.05) is 11.4 Å². The number of rotatable bonds is 5. The Hall–Kier alpha value is -2.72. The molecule has 0 spiro atoms. The summed E-state index contributed by atoms with van der Waals surface area (Å²) in [6, 6.07) is 18.5. The Kier molecular flexibility index (Phi) is 4.32. The van der Waals surface area contributed by atoms with Crippen molar-refractivity contribution in [3.05, 3.63) is 78.4 Å². The van der Waals surface area contributed by atoms with E-state index >= 15 is 0 Å². The van der Waals surface area contributed by atoms with Crippen LogP contribution in [0.2, 0.25) is 0 Å². The van der Waals surface area contributed by atoms with Crippen LogP contribution in [-0.2, 0) is 16.0 Å². The normalized spacial score (nSPS) is 20.2. The predicted octanol–water partition coefficient (Wildman–Crippen LogP) is 2.52. The number of nitrogens with zero attached hydrogens (tertiary/aromatic N) is 1. The maximum atomic E-state index is 12.7. The van der Waals surface area contributed by atoms with Gasteiger partial charge in [-0.05, 0) is 23.3 Å². The lowest BCUT2D eigenvalue weighted by Crippen LogP contribution is -2.47. The largest absolute Gasteiger partial charge is 0.373 e. The minimum Gasteiger partial charge on any atom is -0.373 e. The van der Waals surface area contributed by atoms with E-state index in [1.165, 1.54) is 4.90 Å². The summed E-state index contributed by atoms with van der Waals surface area (Å²) in [6.07, 6.45) is 0.397. The Balaban J connectivity index is 1.77. The van der Waals surface area contributed by atoms with Gasteiger partial charge < -0.3 is 10.0 Å². The molecule has 2 aromatic carbocycles. The molecule has 0 radical (unpaired) electrons. The summed E-state index contributed by atoms with van der Waals surface area (Å²) in [4.78, 5) is 26.8. The van der Waals surface area contributed by atoms with Crippen molar-refractivity contribution >= 4 is 17.4 Å². The van der Waals surface area contributed by atoms with E-state index in [1.54, 1.807) is 12.1 Å². The molecule has 1 unspecified atom stereocenters. The van der Waals surface area contributed by atoms with Gasteiger partial charge in [0.1, 0.15) is 0 Å². The van der Waals surface area contributed by atoms with E-state index in [9.17, 15) is 14.7 Å². The first kappa shape index (κ1) is 16.1. The van der Waals surface area contributed by atoms with Crippen LogP contribution in [0.25, 0.3) is 0 Å². The molecule has 0 saturated carbocycles. The van der Waals surface area contributed by atoms with Crippen LogP contribution >= 0.6 is 0 Å². The minimum absolute atomic E-state index is 0.0768. The third-order valence-electron chi connectivity index (χ3n) is 4.32. The highest BCUT2D eigenvalue weighted by atomic mass is 16.3. The molecule has 0 bridgehead atoms. The molecule has 24 heavy (non-hydrogen) atoms. The second kappa shape index (κ2) is 6.42. The van der Waals surface area contributed by atoms with Gasteiger partial charge in [-0.1, -0.05) is 55.1 Å². The van der Waals surface area contributed by atoms with Crippen molar-refractivity contribution in [1.29, 1.82) is 0 Å². The molecule has 0 aliphatic carbocycles. The molecule has 1 amide bonds. The SMILES string of the molecule is C=C(Cc1ccccc1)C(=O)C1(O)CCN(c2ccccc2)C1=O. The molecule has 1 aliphatic heterocycles. The van der Waals surface area contributed by atoms with Gasteiger partial charge in [0.05, 0.1) is 0 Å². The molecule has 0 aromatic heterocycles. The number of benzene rings is 2. The van der Waals surface area contributed by atoms with E-state index in [1.807, 2.05) is 48.5 Å². The lowest BCUT2D eigenvalue weighted by Gasteiger charge is -2.22. The summed E-state index contributed by atoms with van der Waals surface area (Å²) in [6.45, 7) is 4.10. The third-order valence-corrected chi connectivity index (χ3v) is 4.32. The molecular formula is C20H19NO3. The van der Waals surface area contributed by atoms with Crippen molar-refractivity contribution in [2.45, 2.75) is 18.4 Å². The molecule has 1 N–H and O–H groups in total. The van der Waals surface area contributed by atoms with E-state index in [0.717, 1.165) is 5.56 Å². The fourth-order valence-corrected chi connectivity index (χ4v) is 2.99. The molecular weight excluding hydrogens is 302 g/mol. The van der Waals surface area contributed by atoms with Gasteiger partial charge in [-0.2, -0.15) is 0 Å². The Morgan fingerprint density at radius 1 is 1.08 bits per heavy atom. The van der Waals surface area contributed by atoms with E-state index in [2.05, 4.69) is 6.58 Å². The van der Waals surface area contributed by atoms with Crippen molar-refractivity contribution < 1.29 is 14.7 Å². The number of carbonyl (C=O) groups excluding carboxylic acids is 2. The second-order valence-electron chi connectivity index (χ2n) is 6.00. The van der Waals surface area contributed by atoms with Crippen LogP contribution in [0.5, 0.6) is 0 Å². The number of Topliss-reactive ketones (excluding diaryl/α,β-unsaturated/α-hetero) is 1. The number of hydrogen-bond donors (Lipinski definition) is 1. The second-order valence-corrected chi connectivity index (χ2v) is 6.00. The van der Waals surface area contributed by atoms with Crippen LogP contribution in [0, 0.1) is 0 Å². The average molecular weight is 321 g/mol. The molecule has 2 aromatic rings. The number of carbonyl (C=O) groups is 2. The van der Waals surface area contributed by atoms with Crippen LogP contribution in [0.1, 0.15) is 12.0 Å². The number of anilines is 1. The lowest BCUT2D eigenvalue weighted by atomic mass is 9.89. The molecule has 1 atom stereocenters. The Bertz CT molecular complexity index is 770. The zero-order valence-corrected chi connectivity index (χ0v) is 13.3. The maximum absolute atomic E-state index is 12.7. The third kappa shape index (κ3) is 2.88. The van der Waals surface area contributed by atoms with Gasteiger partial charge >= 0.3 is 0 Å². The van der Waals surface area contributed by atoms with Gasteiger partial charge in [-0.3, -0.25) is 9.59 Å².